The number of methoxy groups -OCH3 is 1. The molecule has 20 nitrogen and oxygen atoms in total. The molecule has 0 aromatic carbocycles. The van der Waals surface area contributed by atoms with Gasteiger partial charge >= 0.3 is 36.1 Å². The van der Waals surface area contributed by atoms with Crippen LogP contribution in [0.3, 0.4) is 0 Å². The molecule has 528 valence electrons. The summed E-state index contributed by atoms with van der Waals surface area (Å²) in [7, 11) is 1.47. The predicted molar refractivity (Wildman–Crippen MR) is 353 cm³/mol. The van der Waals surface area contributed by atoms with Gasteiger partial charge in [-0.1, -0.05) is 162 Å². The van der Waals surface area contributed by atoms with Gasteiger partial charge in [-0.15, -0.1) is 0 Å². The number of nitrogens with zero attached hydrogens (tertiary/aromatic N) is 3. The molecule has 0 spiro atoms. The van der Waals surface area contributed by atoms with E-state index in [1.165, 1.54) is 103 Å². The van der Waals surface area contributed by atoms with Crippen LogP contribution in [0.5, 0.6) is 0 Å². The number of esters is 4. The van der Waals surface area contributed by atoms with Crippen molar-refractivity contribution >= 4 is 42.0 Å². The molecule has 0 aromatic heterocycles. The SMILES string of the molecule is CCCCCCCCCOC(=O)CCCCCCCN(CCCCCCCC(=O)OC(CCCCCCCC)CCCCCCCC)C(=O)CCOCCOCCOCCOC(=O)CN(CCOC(=O)CN(CCOC)C(=O)OC(C)(C)C)C(=O)OC(C)(C)C. The Morgan fingerprint density at radius 2 is 0.700 bits per heavy atom. The zero-order chi connectivity index (χ0) is 66.8. The van der Waals surface area contributed by atoms with Gasteiger partial charge in [0.15, 0.2) is 0 Å². The first-order chi connectivity index (χ1) is 43.2. The molecule has 0 saturated heterocycles. The minimum atomic E-state index is -0.864. The van der Waals surface area contributed by atoms with Gasteiger partial charge in [0.2, 0.25) is 5.91 Å². The standard InChI is InChI=1S/C70H131N3O17/c1-11-14-17-20-23-32-39-49-85-63(75)42-35-28-24-30-37-45-71(46-38-31-25-29-36-43-64(76)88-61(40-33-26-21-18-15-12-2)41-34-27-22-19-16-13-3)62(74)44-50-82-53-54-83-55-56-84-57-58-87-66(78)60-73(68(80)90-70(7,8)9)48-52-86-65(77)59-72(47-51-81-10)67(79)89-69(4,5)6/h61H,11-60H2,1-10H3. The molecule has 90 heavy (non-hydrogen) atoms. The third kappa shape index (κ3) is 56.5. The van der Waals surface area contributed by atoms with Crippen LogP contribution < -0.4 is 0 Å². The van der Waals surface area contributed by atoms with Crippen molar-refractivity contribution in [1.82, 2.24) is 14.7 Å². The van der Waals surface area contributed by atoms with Crippen molar-refractivity contribution < 1.29 is 80.9 Å². The number of hydrogen-bond acceptors (Lipinski definition) is 17. The van der Waals surface area contributed by atoms with E-state index in [0.717, 1.165) is 113 Å². The number of amides is 3. The van der Waals surface area contributed by atoms with Crippen molar-refractivity contribution in [3.63, 3.8) is 0 Å². The summed E-state index contributed by atoms with van der Waals surface area (Å²) in [5.74, 6) is -1.57. The summed E-state index contributed by atoms with van der Waals surface area (Å²) in [6.07, 6.45) is 34.0. The van der Waals surface area contributed by atoms with Crippen molar-refractivity contribution in [3.05, 3.63) is 0 Å². The Bertz CT molecular complexity index is 1780. The topological polar surface area (TPSA) is 222 Å². The van der Waals surface area contributed by atoms with Gasteiger partial charge in [-0.2, -0.15) is 0 Å². The second kappa shape index (κ2) is 58.5. The highest BCUT2D eigenvalue weighted by Gasteiger charge is 2.27. The molecule has 3 amide bonds. The Balaban J connectivity index is 4.94. The highest BCUT2D eigenvalue weighted by molar-refractivity contribution is 5.79. The minimum Gasteiger partial charge on any atom is -0.466 e. The van der Waals surface area contributed by atoms with E-state index < -0.39 is 48.4 Å². The maximum atomic E-state index is 13.6. The summed E-state index contributed by atoms with van der Waals surface area (Å²) in [4.78, 5) is 94.2. The first kappa shape index (κ1) is 85.7. The van der Waals surface area contributed by atoms with E-state index in [4.69, 9.17) is 47.4 Å². The zero-order valence-electron chi connectivity index (χ0n) is 58.7. The van der Waals surface area contributed by atoms with Crippen molar-refractivity contribution in [1.29, 1.82) is 0 Å². The molecular weight excluding hydrogens is 1150 g/mol. The van der Waals surface area contributed by atoms with Gasteiger partial charge in [0.25, 0.3) is 0 Å². The van der Waals surface area contributed by atoms with Crippen LogP contribution in [0.15, 0.2) is 0 Å². The third-order valence-electron chi connectivity index (χ3n) is 14.9. The van der Waals surface area contributed by atoms with Crippen LogP contribution in [0, 0.1) is 0 Å². The molecule has 0 N–H and O–H groups in total. The molecular formula is C70H131N3O17. The normalized spacial score (nSPS) is 11.6. The molecule has 0 saturated carbocycles. The summed E-state index contributed by atoms with van der Waals surface area (Å²) < 4.78 is 55.1. The molecule has 0 aliphatic heterocycles. The van der Waals surface area contributed by atoms with Crippen LogP contribution in [-0.4, -0.2) is 186 Å². The fraction of sp³-hybridized carbons (Fsp3) is 0.900. The summed E-state index contributed by atoms with van der Waals surface area (Å²) in [6.45, 7) is 19.0. The number of rotatable bonds is 61. The molecule has 0 aliphatic carbocycles. The van der Waals surface area contributed by atoms with Crippen molar-refractivity contribution in [3.8, 4) is 0 Å². The molecule has 0 aromatic rings. The van der Waals surface area contributed by atoms with Crippen molar-refractivity contribution in [2.24, 2.45) is 0 Å². The maximum absolute atomic E-state index is 13.6. The van der Waals surface area contributed by atoms with E-state index in [9.17, 15) is 33.6 Å². The van der Waals surface area contributed by atoms with Gasteiger partial charge in [0.1, 0.15) is 43.6 Å². The van der Waals surface area contributed by atoms with Crippen LogP contribution >= 0.6 is 0 Å². The van der Waals surface area contributed by atoms with Gasteiger partial charge < -0.3 is 52.3 Å². The van der Waals surface area contributed by atoms with Crippen LogP contribution in [0.1, 0.15) is 281 Å². The van der Waals surface area contributed by atoms with Gasteiger partial charge in [-0.25, -0.2) is 9.59 Å². The summed E-state index contributed by atoms with van der Waals surface area (Å²) in [5, 5.41) is 0. The monoisotopic (exact) mass is 1290 g/mol. The average Bonchev–Trinajstić information content (AvgIpc) is 2.69. The molecule has 0 aliphatic rings. The van der Waals surface area contributed by atoms with Crippen LogP contribution in [0.2, 0.25) is 0 Å². The number of hydrogen-bond donors (Lipinski definition) is 0. The number of carbonyl (C=O) groups is 7. The van der Waals surface area contributed by atoms with Crippen LogP contribution in [-0.2, 0) is 71.3 Å². The number of unbranched alkanes of at least 4 members (excludes halogenated alkanes) is 24. The molecule has 20 heteroatoms. The van der Waals surface area contributed by atoms with E-state index in [0.29, 0.717) is 45.8 Å². The summed E-state index contributed by atoms with van der Waals surface area (Å²) >= 11 is 0. The Labute approximate surface area is 545 Å². The summed E-state index contributed by atoms with van der Waals surface area (Å²) in [6, 6.07) is 0. The van der Waals surface area contributed by atoms with Crippen LogP contribution in [0.25, 0.3) is 0 Å². The van der Waals surface area contributed by atoms with Crippen molar-refractivity contribution in [2.45, 2.75) is 298 Å². The van der Waals surface area contributed by atoms with E-state index in [2.05, 4.69) is 20.8 Å². The Kier molecular flexibility index (Phi) is 55.8. The van der Waals surface area contributed by atoms with Gasteiger partial charge in [-0.3, -0.25) is 33.8 Å². The Hall–Kier alpha value is -4.27. The lowest BCUT2D eigenvalue weighted by Crippen LogP contribution is -2.43. The van der Waals surface area contributed by atoms with E-state index >= 15 is 0 Å². The fourth-order valence-corrected chi connectivity index (χ4v) is 9.77. The number of carbonyl (C=O) groups excluding carboxylic acids is 7. The lowest BCUT2D eigenvalue weighted by atomic mass is 10.0. The second-order valence-electron chi connectivity index (χ2n) is 25.8. The Morgan fingerprint density at radius 3 is 1.16 bits per heavy atom. The highest BCUT2D eigenvalue weighted by atomic mass is 16.6. The summed E-state index contributed by atoms with van der Waals surface area (Å²) in [5.41, 5.74) is -1.65. The molecule has 0 fully saturated rings. The quantitative estimate of drug-likeness (QED) is 0.0314. The van der Waals surface area contributed by atoms with Gasteiger partial charge in [0, 0.05) is 39.6 Å². The van der Waals surface area contributed by atoms with Crippen molar-refractivity contribution in [2.75, 3.05) is 112 Å². The smallest absolute Gasteiger partial charge is 0.410 e. The largest absolute Gasteiger partial charge is 0.466 e. The average molecular weight is 1290 g/mol. The lowest BCUT2D eigenvalue weighted by Gasteiger charge is -2.27. The zero-order valence-corrected chi connectivity index (χ0v) is 58.7. The van der Waals surface area contributed by atoms with Crippen LogP contribution in [0.4, 0.5) is 9.59 Å². The minimum absolute atomic E-state index is 0.0349. The maximum Gasteiger partial charge on any atom is 0.410 e. The van der Waals surface area contributed by atoms with E-state index in [-0.39, 0.29) is 89.7 Å². The lowest BCUT2D eigenvalue weighted by molar-refractivity contribution is -0.150. The Morgan fingerprint density at radius 1 is 0.333 bits per heavy atom. The molecule has 0 unspecified atom stereocenters. The molecule has 0 rings (SSSR count). The first-order valence-electron chi connectivity index (χ1n) is 35.4. The number of ether oxygens (including phenoxy) is 10. The second-order valence-corrected chi connectivity index (χ2v) is 25.8. The van der Waals surface area contributed by atoms with Gasteiger partial charge in [-0.05, 0) is 99.3 Å². The molecule has 0 radical (unpaired) electrons. The van der Waals surface area contributed by atoms with Gasteiger partial charge in [0.05, 0.1) is 65.8 Å². The molecule has 0 atom stereocenters. The fourth-order valence-electron chi connectivity index (χ4n) is 9.77. The van der Waals surface area contributed by atoms with E-state index in [1.807, 2.05) is 4.90 Å². The van der Waals surface area contributed by atoms with E-state index in [1.54, 1.807) is 41.5 Å². The predicted octanol–water partition coefficient (Wildman–Crippen LogP) is 14.8. The molecule has 0 bridgehead atoms. The third-order valence-corrected chi connectivity index (χ3v) is 14.9. The highest BCUT2D eigenvalue weighted by Crippen LogP contribution is 2.20. The first-order valence-corrected chi connectivity index (χ1v) is 35.4. The molecule has 0 heterocycles.